The summed E-state index contributed by atoms with van der Waals surface area (Å²) in [4.78, 5) is 15.1. The number of rotatable bonds is 3. The molecule has 0 radical (unpaired) electrons. The average Bonchev–Trinajstić information content (AvgIpc) is 2.91. The molecule has 1 aliphatic heterocycles. The molecule has 5 heteroatoms. The Bertz CT molecular complexity index is 453. The number of hydrogen-bond donors (Lipinski definition) is 0. The molecular weight excluding hydrogens is 286 g/mol. The highest BCUT2D eigenvalue weighted by molar-refractivity contribution is 7.10. The van der Waals surface area contributed by atoms with Crippen LogP contribution in [-0.2, 0) is 9.47 Å². The SMILES string of the molecule is C[C@@H](O[C@@H]1CCCN(C(=O)OC(C)(C)C)C1)c1cccs1. The van der Waals surface area contributed by atoms with E-state index in [1.807, 2.05) is 26.8 Å². The van der Waals surface area contributed by atoms with Crippen LogP contribution in [0.25, 0.3) is 0 Å². The molecule has 1 aliphatic rings. The first-order valence-electron chi connectivity index (χ1n) is 7.52. The van der Waals surface area contributed by atoms with E-state index in [0.717, 1.165) is 19.4 Å². The normalized spacial score (nSPS) is 21.1. The van der Waals surface area contributed by atoms with E-state index in [1.165, 1.54) is 4.88 Å². The molecule has 1 aromatic rings. The summed E-state index contributed by atoms with van der Waals surface area (Å²) in [5.41, 5.74) is -0.449. The molecule has 1 aromatic heterocycles. The third kappa shape index (κ3) is 5.00. The van der Waals surface area contributed by atoms with Crippen LogP contribution in [0.5, 0.6) is 0 Å². The van der Waals surface area contributed by atoms with E-state index in [9.17, 15) is 4.79 Å². The van der Waals surface area contributed by atoms with Gasteiger partial charge in [0.05, 0.1) is 18.8 Å². The number of amides is 1. The highest BCUT2D eigenvalue weighted by atomic mass is 32.1. The Morgan fingerprint density at radius 1 is 1.48 bits per heavy atom. The van der Waals surface area contributed by atoms with Crippen molar-refractivity contribution in [1.29, 1.82) is 0 Å². The second-order valence-corrected chi connectivity index (χ2v) is 7.46. The lowest BCUT2D eigenvalue weighted by molar-refractivity contribution is -0.0474. The number of thiophene rings is 1. The Labute approximate surface area is 131 Å². The minimum Gasteiger partial charge on any atom is -0.444 e. The molecule has 0 N–H and O–H groups in total. The van der Waals surface area contributed by atoms with E-state index in [0.29, 0.717) is 6.54 Å². The van der Waals surface area contributed by atoms with Crippen molar-refractivity contribution in [3.8, 4) is 0 Å². The molecular formula is C16H25NO3S. The molecule has 4 nitrogen and oxygen atoms in total. The number of carbonyl (C=O) groups is 1. The molecule has 2 heterocycles. The van der Waals surface area contributed by atoms with E-state index >= 15 is 0 Å². The van der Waals surface area contributed by atoms with Crippen molar-refractivity contribution in [2.24, 2.45) is 0 Å². The van der Waals surface area contributed by atoms with E-state index in [-0.39, 0.29) is 18.3 Å². The molecule has 0 spiro atoms. The lowest BCUT2D eigenvalue weighted by atomic mass is 10.1. The largest absolute Gasteiger partial charge is 0.444 e. The first-order chi connectivity index (χ1) is 9.85. The third-order valence-corrected chi connectivity index (χ3v) is 4.40. The maximum Gasteiger partial charge on any atom is 0.410 e. The zero-order valence-corrected chi connectivity index (χ0v) is 14.1. The summed E-state index contributed by atoms with van der Waals surface area (Å²) < 4.78 is 11.5. The molecule has 0 unspecified atom stereocenters. The molecule has 0 aliphatic carbocycles. The van der Waals surface area contributed by atoms with Gasteiger partial charge in [0, 0.05) is 11.4 Å². The number of carbonyl (C=O) groups excluding carboxylic acids is 1. The number of nitrogens with zero attached hydrogens (tertiary/aromatic N) is 1. The Balaban J connectivity index is 1.87. The van der Waals surface area contributed by atoms with Crippen LogP contribution in [0.4, 0.5) is 4.79 Å². The maximum atomic E-state index is 12.1. The van der Waals surface area contributed by atoms with Crippen molar-refractivity contribution in [3.63, 3.8) is 0 Å². The molecule has 1 saturated heterocycles. The summed E-state index contributed by atoms with van der Waals surface area (Å²) in [6, 6.07) is 4.12. The van der Waals surface area contributed by atoms with Gasteiger partial charge in [0.1, 0.15) is 5.60 Å². The summed E-state index contributed by atoms with van der Waals surface area (Å²) in [6.45, 7) is 9.11. The minimum absolute atomic E-state index is 0.0774. The molecule has 0 bridgehead atoms. The highest BCUT2D eigenvalue weighted by Crippen LogP contribution is 2.26. The van der Waals surface area contributed by atoms with Gasteiger partial charge < -0.3 is 14.4 Å². The van der Waals surface area contributed by atoms with Gasteiger partial charge in [-0.05, 0) is 52.0 Å². The Morgan fingerprint density at radius 2 is 2.24 bits per heavy atom. The van der Waals surface area contributed by atoms with Crippen LogP contribution < -0.4 is 0 Å². The van der Waals surface area contributed by atoms with Gasteiger partial charge in [-0.15, -0.1) is 11.3 Å². The van der Waals surface area contributed by atoms with Crippen LogP contribution in [0.2, 0.25) is 0 Å². The van der Waals surface area contributed by atoms with Gasteiger partial charge in [0.2, 0.25) is 0 Å². The third-order valence-electron chi connectivity index (χ3n) is 3.37. The fourth-order valence-corrected chi connectivity index (χ4v) is 3.14. The van der Waals surface area contributed by atoms with Gasteiger partial charge in [-0.25, -0.2) is 4.79 Å². The average molecular weight is 311 g/mol. The van der Waals surface area contributed by atoms with Gasteiger partial charge in [-0.2, -0.15) is 0 Å². The van der Waals surface area contributed by atoms with Crippen molar-refractivity contribution in [3.05, 3.63) is 22.4 Å². The summed E-state index contributed by atoms with van der Waals surface area (Å²) in [5.74, 6) is 0. The fraction of sp³-hybridized carbons (Fsp3) is 0.688. The number of likely N-dealkylation sites (tertiary alicyclic amines) is 1. The quantitative estimate of drug-likeness (QED) is 0.838. The van der Waals surface area contributed by atoms with Crippen LogP contribution in [0.1, 0.15) is 51.5 Å². The van der Waals surface area contributed by atoms with Crippen molar-refractivity contribution < 1.29 is 14.3 Å². The van der Waals surface area contributed by atoms with E-state index < -0.39 is 5.60 Å². The lowest BCUT2D eigenvalue weighted by Gasteiger charge is -2.35. The van der Waals surface area contributed by atoms with Crippen LogP contribution >= 0.6 is 11.3 Å². The summed E-state index contributed by atoms with van der Waals surface area (Å²) >= 11 is 1.70. The summed E-state index contributed by atoms with van der Waals surface area (Å²) in [5, 5.41) is 2.06. The van der Waals surface area contributed by atoms with Crippen LogP contribution in [0.3, 0.4) is 0 Å². The predicted molar refractivity (Wildman–Crippen MR) is 84.6 cm³/mol. The number of piperidine rings is 1. The second-order valence-electron chi connectivity index (χ2n) is 6.48. The van der Waals surface area contributed by atoms with E-state index in [2.05, 4.69) is 18.4 Å². The van der Waals surface area contributed by atoms with Crippen molar-refractivity contribution in [1.82, 2.24) is 4.90 Å². The molecule has 2 atom stereocenters. The van der Waals surface area contributed by atoms with Crippen molar-refractivity contribution >= 4 is 17.4 Å². The topological polar surface area (TPSA) is 38.8 Å². The molecule has 21 heavy (non-hydrogen) atoms. The molecule has 2 rings (SSSR count). The Morgan fingerprint density at radius 3 is 2.86 bits per heavy atom. The first kappa shape index (κ1) is 16.3. The van der Waals surface area contributed by atoms with Crippen molar-refractivity contribution in [2.75, 3.05) is 13.1 Å². The minimum atomic E-state index is -0.449. The van der Waals surface area contributed by atoms with Gasteiger partial charge in [0.15, 0.2) is 0 Å². The second kappa shape index (κ2) is 6.79. The number of ether oxygens (including phenoxy) is 2. The molecule has 0 aromatic carbocycles. The van der Waals surface area contributed by atoms with Crippen LogP contribution in [0, 0.1) is 0 Å². The van der Waals surface area contributed by atoms with Crippen LogP contribution in [-0.4, -0.2) is 35.8 Å². The summed E-state index contributed by atoms with van der Waals surface area (Å²) in [6.07, 6.45) is 1.88. The van der Waals surface area contributed by atoms with Crippen molar-refractivity contribution in [2.45, 2.75) is 58.3 Å². The predicted octanol–water partition coefficient (Wildman–Crippen LogP) is 4.23. The highest BCUT2D eigenvalue weighted by Gasteiger charge is 2.29. The van der Waals surface area contributed by atoms with Gasteiger partial charge in [-0.3, -0.25) is 0 Å². The van der Waals surface area contributed by atoms with E-state index in [4.69, 9.17) is 9.47 Å². The van der Waals surface area contributed by atoms with Gasteiger partial charge in [0.25, 0.3) is 0 Å². The molecule has 1 amide bonds. The summed E-state index contributed by atoms with van der Waals surface area (Å²) in [7, 11) is 0. The first-order valence-corrected chi connectivity index (χ1v) is 8.40. The van der Waals surface area contributed by atoms with Gasteiger partial charge >= 0.3 is 6.09 Å². The van der Waals surface area contributed by atoms with Crippen LogP contribution in [0.15, 0.2) is 17.5 Å². The zero-order chi connectivity index (χ0) is 15.5. The lowest BCUT2D eigenvalue weighted by Crippen LogP contribution is -2.45. The Kier molecular flexibility index (Phi) is 5.27. The smallest absolute Gasteiger partial charge is 0.410 e. The molecule has 1 fully saturated rings. The molecule has 0 saturated carbocycles. The fourth-order valence-electron chi connectivity index (χ4n) is 2.42. The monoisotopic (exact) mass is 311 g/mol. The maximum absolute atomic E-state index is 12.1. The zero-order valence-electron chi connectivity index (χ0n) is 13.3. The standard InChI is InChI=1S/C16H25NO3S/c1-12(14-8-6-10-21-14)19-13-7-5-9-17(11-13)15(18)20-16(2,3)4/h6,8,10,12-13H,5,7,9,11H2,1-4H3/t12-,13-/m1/s1. The van der Waals surface area contributed by atoms with E-state index in [1.54, 1.807) is 16.2 Å². The van der Waals surface area contributed by atoms with Gasteiger partial charge in [-0.1, -0.05) is 6.07 Å². The Hall–Kier alpha value is -1.07. The number of hydrogen-bond acceptors (Lipinski definition) is 4. The molecule has 118 valence electrons.